The van der Waals surface area contributed by atoms with Gasteiger partial charge in [-0.05, 0) is 60.9 Å². The number of rotatable bonds is 10. The lowest BCUT2D eigenvalue weighted by molar-refractivity contribution is -0.141. The van der Waals surface area contributed by atoms with Crippen LogP contribution >= 0.6 is 0 Å². The van der Waals surface area contributed by atoms with Crippen LogP contribution in [0.1, 0.15) is 75.5 Å². The molecule has 0 bridgehead atoms. The predicted octanol–water partition coefficient (Wildman–Crippen LogP) is 5.58. The van der Waals surface area contributed by atoms with Crippen molar-refractivity contribution in [3.63, 3.8) is 0 Å². The van der Waals surface area contributed by atoms with Gasteiger partial charge < -0.3 is 10.2 Å². The van der Waals surface area contributed by atoms with Crippen LogP contribution in [0.3, 0.4) is 0 Å². The minimum atomic E-state index is -0.535. The normalized spacial score (nSPS) is 15.1. The highest BCUT2D eigenvalue weighted by Gasteiger charge is 2.30. The maximum atomic E-state index is 13.4. The standard InChI is InChI=1S/C28H37FN2O2/c1-3-21-10-12-22(13-11-21)16-19-27(32)31(20-23-14-17-24(29)18-15-23)26(4-2)28(33)30-25-8-6-5-7-9-25/h10-15,17-18,25-26H,3-9,16,19-20H2,1-2H3,(H,30,33)/t26-/m1/s1. The molecule has 0 unspecified atom stereocenters. The summed E-state index contributed by atoms with van der Waals surface area (Å²) in [5, 5.41) is 3.19. The minimum absolute atomic E-state index is 0.0514. The number of carbonyl (C=O) groups is 2. The third-order valence-corrected chi connectivity index (χ3v) is 6.66. The molecule has 0 aliphatic heterocycles. The second-order valence-electron chi connectivity index (χ2n) is 9.09. The molecule has 2 amide bonds. The smallest absolute Gasteiger partial charge is 0.243 e. The second kappa shape index (κ2) is 12.5. The van der Waals surface area contributed by atoms with Gasteiger partial charge in [-0.1, -0.05) is 69.5 Å². The minimum Gasteiger partial charge on any atom is -0.352 e. The van der Waals surface area contributed by atoms with Crippen molar-refractivity contribution < 1.29 is 14.0 Å². The van der Waals surface area contributed by atoms with E-state index in [0.717, 1.165) is 43.2 Å². The van der Waals surface area contributed by atoms with Crippen LogP contribution in [0.25, 0.3) is 0 Å². The molecule has 1 N–H and O–H groups in total. The van der Waals surface area contributed by atoms with Crippen molar-refractivity contribution in [3.8, 4) is 0 Å². The molecular formula is C28H37FN2O2. The van der Waals surface area contributed by atoms with E-state index in [2.05, 4.69) is 36.5 Å². The van der Waals surface area contributed by atoms with E-state index in [-0.39, 0.29) is 23.7 Å². The Kier molecular flexibility index (Phi) is 9.47. The van der Waals surface area contributed by atoms with Crippen LogP contribution in [-0.2, 0) is 29.0 Å². The lowest BCUT2D eigenvalue weighted by Gasteiger charge is -2.33. The highest BCUT2D eigenvalue weighted by molar-refractivity contribution is 5.88. The molecule has 0 saturated heterocycles. The monoisotopic (exact) mass is 452 g/mol. The Morgan fingerprint density at radius 2 is 1.55 bits per heavy atom. The largest absolute Gasteiger partial charge is 0.352 e. The maximum absolute atomic E-state index is 13.4. The zero-order valence-corrected chi connectivity index (χ0v) is 20.0. The zero-order chi connectivity index (χ0) is 23.6. The van der Waals surface area contributed by atoms with Crippen molar-refractivity contribution in [2.24, 2.45) is 0 Å². The molecule has 0 radical (unpaired) electrons. The maximum Gasteiger partial charge on any atom is 0.243 e. The predicted molar refractivity (Wildman–Crippen MR) is 130 cm³/mol. The van der Waals surface area contributed by atoms with E-state index in [1.165, 1.54) is 24.1 Å². The molecule has 0 spiro atoms. The first kappa shape index (κ1) is 24.9. The summed E-state index contributed by atoms with van der Waals surface area (Å²) in [6.45, 7) is 4.36. The molecule has 3 rings (SSSR count). The summed E-state index contributed by atoms with van der Waals surface area (Å²) in [4.78, 5) is 28.3. The number of aryl methyl sites for hydroxylation is 2. The molecule has 1 atom stereocenters. The van der Waals surface area contributed by atoms with Crippen LogP contribution in [0.2, 0.25) is 0 Å². The molecule has 33 heavy (non-hydrogen) atoms. The molecule has 1 aliphatic rings. The summed E-state index contributed by atoms with van der Waals surface area (Å²) in [6, 6.07) is 14.2. The molecule has 2 aromatic carbocycles. The topological polar surface area (TPSA) is 49.4 Å². The number of hydrogen-bond acceptors (Lipinski definition) is 2. The van der Waals surface area contributed by atoms with Crippen LogP contribution in [0.5, 0.6) is 0 Å². The quantitative estimate of drug-likeness (QED) is 0.512. The molecule has 2 aromatic rings. The van der Waals surface area contributed by atoms with Gasteiger partial charge in [-0.3, -0.25) is 9.59 Å². The first-order chi connectivity index (χ1) is 16.0. The molecule has 1 fully saturated rings. The number of nitrogens with zero attached hydrogens (tertiary/aromatic N) is 1. The summed E-state index contributed by atoms with van der Waals surface area (Å²) in [5.41, 5.74) is 3.20. The Morgan fingerprint density at radius 1 is 0.939 bits per heavy atom. The highest BCUT2D eigenvalue weighted by atomic mass is 19.1. The van der Waals surface area contributed by atoms with E-state index in [1.54, 1.807) is 17.0 Å². The van der Waals surface area contributed by atoms with E-state index in [4.69, 9.17) is 0 Å². The van der Waals surface area contributed by atoms with Crippen LogP contribution in [0.15, 0.2) is 48.5 Å². The lowest BCUT2D eigenvalue weighted by Crippen LogP contribution is -2.51. The van der Waals surface area contributed by atoms with E-state index in [0.29, 0.717) is 25.8 Å². The second-order valence-corrected chi connectivity index (χ2v) is 9.09. The van der Waals surface area contributed by atoms with Crippen LogP contribution in [0, 0.1) is 5.82 Å². The van der Waals surface area contributed by atoms with Crippen molar-refractivity contribution in [3.05, 3.63) is 71.0 Å². The fourth-order valence-corrected chi connectivity index (χ4v) is 4.59. The molecule has 4 nitrogen and oxygen atoms in total. The average molecular weight is 453 g/mol. The van der Waals surface area contributed by atoms with E-state index in [1.807, 2.05) is 6.92 Å². The number of carbonyl (C=O) groups excluding carboxylic acids is 2. The molecular weight excluding hydrogens is 415 g/mol. The number of amides is 2. The first-order valence-corrected chi connectivity index (χ1v) is 12.4. The lowest BCUT2D eigenvalue weighted by atomic mass is 9.95. The molecule has 1 aliphatic carbocycles. The first-order valence-electron chi connectivity index (χ1n) is 12.4. The number of nitrogens with one attached hydrogen (secondary N) is 1. The van der Waals surface area contributed by atoms with Gasteiger partial charge in [-0.2, -0.15) is 0 Å². The van der Waals surface area contributed by atoms with E-state index >= 15 is 0 Å². The molecule has 178 valence electrons. The molecule has 5 heteroatoms. The van der Waals surface area contributed by atoms with Gasteiger partial charge in [0.2, 0.25) is 11.8 Å². The summed E-state index contributed by atoms with van der Waals surface area (Å²) >= 11 is 0. The Morgan fingerprint density at radius 3 is 2.15 bits per heavy atom. The molecule has 1 saturated carbocycles. The fraction of sp³-hybridized carbons (Fsp3) is 0.500. The van der Waals surface area contributed by atoms with Gasteiger partial charge in [-0.25, -0.2) is 4.39 Å². The van der Waals surface area contributed by atoms with Crippen LogP contribution in [-0.4, -0.2) is 28.8 Å². The van der Waals surface area contributed by atoms with E-state index in [9.17, 15) is 14.0 Å². The third kappa shape index (κ3) is 7.41. The van der Waals surface area contributed by atoms with Crippen molar-refractivity contribution in [1.29, 1.82) is 0 Å². The van der Waals surface area contributed by atoms with Crippen LogP contribution in [0.4, 0.5) is 4.39 Å². The van der Waals surface area contributed by atoms with Gasteiger partial charge in [0.05, 0.1) is 0 Å². The van der Waals surface area contributed by atoms with Gasteiger partial charge >= 0.3 is 0 Å². The number of halogens is 1. The van der Waals surface area contributed by atoms with Gasteiger partial charge in [0.15, 0.2) is 0 Å². The molecule has 0 heterocycles. The van der Waals surface area contributed by atoms with Crippen molar-refractivity contribution >= 4 is 11.8 Å². The van der Waals surface area contributed by atoms with Gasteiger partial charge in [0.25, 0.3) is 0 Å². The fourth-order valence-electron chi connectivity index (χ4n) is 4.59. The number of benzene rings is 2. The molecule has 0 aromatic heterocycles. The van der Waals surface area contributed by atoms with Crippen molar-refractivity contribution in [1.82, 2.24) is 10.2 Å². The van der Waals surface area contributed by atoms with Gasteiger partial charge in [-0.15, -0.1) is 0 Å². The summed E-state index contributed by atoms with van der Waals surface area (Å²) in [7, 11) is 0. The summed E-state index contributed by atoms with van der Waals surface area (Å²) < 4.78 is 13.4. The SMILES string of the molecule is CCc1ccc(CCC(=O)N(Cc2ccc(F)cc2)[C@H](CC)C(=O)NC2CCCCC2)cc1. The Labute approximate surface area is 197 Å². The Hall–Kier alpha value is -2.69. The highest BCUT2D eigenvalue weighted by Crippen LogP contribution is 2.20. The van der Waals surface area contributed by atoms with E-state index < -0.39 is 6.04 Å². The van der Waals surface area contributed by atoms with Crippen molar-refractivity contribution in [2.75, 3.05) is 0 Å². The summed E-state index contributed by atoms with van der Waals surface area (Å²) in [6.07, 6.45) is 7.98. The van der Waals surface area contributed by atoms with Crippen molar-refractivity contribution in [2.45, 2.75) is 90.3 Å². The van der Waals surface area contributed by atoms with Gasteiger partial charge in [0.1, 0.15) is 11.9 Å². The number of hydrogen-bond donors (Lipinski definition) is 1. The zero-order valence-electron chi connectivity index (χ0n) is 20.0. The summed E-state index contributed by atoms with van der Waals surface area (Å²) in [5.74, 6) is -0.439. The van der Waals surface area contributed by atoms with Crippen LogP contribution < -0.4 is 5.32 Å². The average Bonchev–Trinajstić information content (AvgIpc) is 2.84. The Balaban J connectivity index is 1.73. The third-order valence-electron chi connectivity index (χ3n) is 6.66. The van der Waals surface area contributed by atoms with Gasteiger partial charge in [0, 0.05) is 19.0 Å². The Bertz CT molecular complexity index is 889.